The van der Waals surface area contributed by atoms with Gasteiger partial charge < -0.3 is 15.4 Å². The fraction of sp³-hybridized carbons (Fsp3) is 0.500. The topological polar surface area (TPSA) is 63.5 Å². The van der Waals surface area contributed by atoms with Crippen molar-refractivity contribution >= 4 is 5.96 Å². The summed E-state index contributed by atoms with van der Waals surface area (Å²) < 4.78 is 7.33. The summed E-state index contributed by atoms with van der Waals surface area (Å²) in [6.07, 6.45) is 0.907. The normalized spacial score (nSPS) is 12.8. The SMILES string of the molecule is CN=C(NCc1ccc(C)c(OC)c1)NC(C)Cc1c(C)nn(C)c1C. The van der Waals surface area contributed by atoms with Crippen LogP contribution in [0.25, 0.3) is 0 Å². The van der Waals surface area contributed by atoms with E-state index in [1.165, 1.54) is 11.3 Å². The molecule has 142 valence electrons. The lowest BCUT2D eigenvalue weighted by atomic mass is 10.1. The average Bonchev–Trinajstić information content (AvgIpc) is 2.85. The lowest BCUT2D eigenvalue weighted by Gasteiger charge is -2.18. The highest BCUT2D eigenvalue weighted by atomic mass is 16.5. The summed E-state index contributed by atoms with van der Waals surface area (Å²) in [6, 6.07) is 6.48. The highest BCUT2D eigenvalue weighted by Gasteiger charge is 2.14. The van der Waals surface area contributed by atoms with Crippen LogP contribution < -0.4 is 15.4 Å². The summed E-state index contributed by atoms with van der Waals surface area (Å²) in [7, 11) is 5.47. The van der Waals surface area contributed by atoms with Crippen LogP contribution in [0.2, 0.25) is 0 Å². The minimum Gasteiger partial charge on any atom is -0.496 e. The van der Waals surface area contributed by atoms with Crippen LogP contribution in [0.15, 0.2) is 23.2 Å². The highest BCUT2D eigenvalue weighted by molar-refractivity contribution is 5.80. The Morgan fingerprint density at radius 1 is 1.31 bits per heavy atom. The van der Waals surface area contributed by atoms with E-state index < -0.39 is 0 Å². The molecule has 2 rings (SSSR count). The molecule has 1 atom stereocenters. The van der Waals surface area contributed by atoms with E-state index in [-0.39, 0.29) is 6.04 Å². The lowest BCUT2D eigenvalue weighted by Crippen LogP contribution is -2.42. The molecule has 0 saturated carbocycles. The molecule has 2 N–H and O–H groups in total. The van der Waals surface area contributed by atoms with Gasteiger partial charge in [-0.15, -0.1) is 0 Å². The Morgan fingerprint density at radius 3 is 2.62 bits per heavy atom. The molecule has 0 amide bonds. The molecule has 0 saturated heterocycles. The summed E-state index contributed by atoms with van der Waals surface area (Å²) in [5.41, 5.74) is 5.89. The van der Waals surface area contributed by atoms with Crippen molar-refractivity contribution in [2.24, 2.45) is 12.0 Å². The Bertz CT molecular complexity index is 779. The first-order valence-electron chi connectivity index (χ1n) is 8.95. The van der Waals surface area contributed by atoms with Gasteiger partial charge in [-0.25, -0.2) is 0 Å². The zero-order valence-electron chi connectivity index (χ0n) is 17.0. The van der Waals surface area contributed by atoms with E-state index in [2.05, 4.69) is 59.7 Å². The van der Waals surface area contributed by atoms with Crippen molar-refractivity contribution in [1.29, 1.82) is 0 Å². The van der Waals surface area contributed by atoms with Crippen LogP contribution in [0.5, 0.6) is 5.75 Å². The molecule has 6 heteroatoms. The first-order chi connectivity index (χ1) is 12.3. The van der Waals surface area contributed by atoms with Crippen molar-refractivity contribution in [2.75, 3.05) is 14.2 Å². The summed E-state index contributed by atoms with van der Waals surface area (Å²) in [5.74, 6) is 1.69. The van der Waals surface area contributed by atoms with E-state index in [1.54, 1.807) is 14.2 Å². The van der Waals surface area contributed by atoms with Crippen LogP contribution in [0.4, 0.5) is 0 Å². The van der Waals surface area contributed by atoms with Gasteiger partial charge >= 0.3 is 0 Å². The maximum absolute atomic E-state index is 5.39. The summed E-state index contributed by atoms with van der Waals surface area (Å²) in [6.45, 7) is 9.06. The number of rotatable bonds is 6. The second-order valence-electron chi connectivity index (χ2n) is 6.75. The number of benzene rings is 1. The number of hydrogen-bond donors (Lipinski definition) is 2. The number of nitrogens with one attached hydrogen (secondary N) is 2. The van der Waals surface area contributed by atoms with Gasteiger partial charge in [-0.05, 0) is 56.9 Å². The molecule has 0 fully saturated rings. The summed E-state index contributed by atoms with van der Waals surface area (Å²) >= 11 is 0. The maximum atomic E-state index is 5.39. The molecule has 0 radical (unpaired) electrons. The zero-order valence-corrected chi connectivity index (χ0v) is 17.0. The van der Waals surface area contributed by atoms with Crippen LogP contribution in [0, 0.1) is 20.8 Å². The molecule has 1 aromatic heterocycles. The second-order valence-corrected chi connectivity index (χ2v) is 6.75. The Morgan fingerprint density at radius 2 is 2.04 bits per heavy atom. The van der Waals surface area contributed by atoms with Crippen LogP contribution in [0.1, 0.15) is 35.0 Å². The predicted molar refractivity (Wildman–Crippen MR) is 107 cm³/mol. The summed E-state index contributed by atoms with van der Waals surface area (Å²) in [4.78, 5) is 4.34. The molecule has 1 unspecified atom stereocenters. The van der Waals surface area contributed by atoms with Crippen molar-refractivity contribution in [3.05, 3.63) is 46.3 Å². The van der Waals surface area contributed by atoms with E-state index in [0.717, 1.165) is 35.0 Å². The Kier molecular flexibility index (Phi) is 6.66. The van der Waals surface area contributed by atoms with Gasteiger partial charge in [0.25, 0.3) is 0 Å². The van der Waals surface area contributed by atoms with Crippen LogP contribution >= 0.6 is 0 Å². The number of guanidine groups is 1. The molecule has 0 bridgehead atoms. The third kappa shape index (κ3) is 4.77. The van der Waals surface area contributed by atoms with Gasteiger partial charge in [0.05, 0.1) is 12.8 Å². The monoisotopic (exact) mass is 357 g/mol. The van der Waals surface area contributed by atoms with Gasteiger partial charge in [-0.1, -0.05) is 12.1 Å². The number of nitrogens with zero attached hydrogens (tertiary/aromatic N) is 3. The number of aryl methyl sites for hydroxylation is 3. The predicted octanol–water partition coefficient (Wildman–Crippen LogP) is 2.65. The van der Waals surface area contributed by atoms with Gasteiger partial charge in [0, 0.05) is 32.4 Å². The van der Waals surface area contributed by atoms with Gasteiger partial charge in [-0.2, -0.15) is 5.10 Å². The Labute approximate surface area is 156 Å². The van der Waals surface area contributed by atoms with Crippen molar-refractivity contribution in [3.63, 3.8) is 0 Å². The van der Waals surface area contributed by atoms with Gasteiger partial charge in [0.15, 0.2) is 5.96 Å². The van der Waals surface area contributed by atoms with Crippen molar-refractivity contribution in [3.8, 4) is 5.75 Å². The molecule has 1 heterocycles. The molecule has 0 aliphatic heterocycles. The standard InChI is InChI=1S/C20H31N5O/c1-13-8-9-17(11-19(13)26-7)12-22-20(21-5)23-14(2)10-18-15(3)24-25(6)16(18)4/h8-9,11,14H,10,12H2,1-7H3,(H2,21,22,23). The van der Waals surface area contributed by atoms with E-state index in [1.807, 2.05) is 18.7 Å². The lowest BCUT2D eigenvalue weighted by molar-refractivity contribution is 0.411. The van der Waals surface area contributed by atoms with Crippen molar-refractivity contribution in [1.82, 2.24) is 20.4 Å². The van der Waals surface area contributed by atoms with Gasteiger partial charge in [0.1, 0.15) is 5.75 Å². The summed E-state index contributed by atoms with van der Waals surface area (Å²) in [5, 5.41) is 11.3. The minimum absolute atomic E-state index is 0.246. The van der Waals surface area contributed by atoms with E-state index in [0.29, 0.717) is 6.54 Å². The Hall–Kier alpha value is -2.50. The third-order valence-corrected chi connectivity index (χ3v) is 4.71. The molecule has 0 spiro atoms. The van der Waals surface area contributed by atoms with E-state index >= 15 is 0 Å². The smallest absolute Gasteiger partial charge is 0.191 e. The first-order valence-corrected chi connectivity index (χ1v) is 8.95. The minimum atomic E-state index is 0.246. The van der Waals surface area contributed by atoms with E-state index in [9.17, 15) is 0 Å². The third-order valence-electron chi connectivity index (χ3n) is 4.71. The maximum Gasteiger partial charge on any atom is 0.191 e. The quantitative estimate of drug-likeness (QED) is 0.616. The number of aromatic nitrogens is 2. The van der Waals surface area contributed by atoms with E-state index in [4.69, 9.17) is 4.74 Å². The Balaban J connectivity index is 1.94. The molecule has 0 aliphatic carbocycles. The highest BCUT2D eigenvalue weighted by Crippen LogP contribution is 2.18. The fourth-order valence-electron chi connectivity index (χ4n) is 3.06. The van der Waals surface area contributed by atoms with Crippen LogP contribution in [-0.4, -0.2) is 35.9 Å². The van der Waals surface area contributed by atoms with Crippen LogP contribution in [-0.2, 0) is 20.0 Å². The largest absolute Gasteiger partial charge is 0.496 e. The number of hydrogen-bond acceptors (Lipinski definition) is 3. The number of methoxy groups -OCH3 is 1. The fourth-order valence-corrected chi connectivity index (χ4v) is 3.06. The molecule has 1 aromatic carbocycles. The average molecular weight is 358 g/mol. The van der Waals surface area contributed by atoms with Gasteiger partial charge in [-0.3, -0.25) is 9.67 Å². The molecular formula is C20H31N5O. The molecule has 0 aliphatic rings. The van der Waals surface area contributed by atoms with Crippen molar-refractivity contribution in [2.45, 2.75) is 46.7 Å². The first kappa shape index (κ1) is 19.8. The molecule has 2 aromatic rings. The number of ether oxygens (including phenoxy) is 1. The molecule has 26 heavy (non-hydrogen) atoms. The number of aliphatic imine (C=N–C) groups is 1. The zero-order chi connectivity index (χ0) is 19.3. The van der Waals surface area contributed by atoms with Crippen molar-refractivity contribution < 1.29 is 4.74 Å². The molecular weight excluding hydrogens is 326 g/mol. The second kappa shape index (κ2) is 8.74. The molecule has 6 nitrogen and oxygen atoms in total. The van der Waals surface area contributed by atoms with Gasteiger partial charge in [0.2, 0.25) is 0 Å². The van der Waals surface area contributed by atoms with Crippen LogP contribution in [0.3, 0.4) is 0 Å².